The maximum absolute atomic E-state index is 8.94. The molecule has 2 N–H and O–H groups in total. The minimum absolute atomic E-state index is 0.0895. The highest BCUT2D eigenvalue weighted by molar-refractivity contribution is 5.23. The van der Waals surface area contributed by atoms with Crippen molar-refractivity contribution in [2.75, 3.05) is 19.8 Å². The predicted octanol–water partition coefficient (Wildman–Crippen LogP) is 1.02. The van der Waals surface area contributed by atoms with Crippen LogP contribution >= 0.6 is 0 Å². The summed E-state index contributed by atoms with van der Waals surface area (Å²) in [5.74, 6) is 0. The number of aliphatic hydroxyl groups excluding tert-OH is 1. The van der Waals surface area contributed by atoms with Crippen molar-refractivity contribution in [2.24, 2.45) is 0 Å². The molecule has 0 aliphatic carbocycles. The Morgan fingerprint density at radius 1 is 1.40 bits per heavy atom. The molecule has 1 fully saturated rings. The van der Waals surface area contributed by atoms with E-state index >= 15 is 0 Å². The minimum atomic E-state index is 0.0895. The fraction of sp³-hybridized carbons (Fsp3) is 0.500. The van der Waals surface area contributed by atoms with E-state index in [1.165, 1.54) is 11.1 Å². The number of ether oxygens (including phenoxy) is 1. The van der Waals surface area contributed by atoms with Gasteiger partial charge in [0.2, 0.25) is 0 Å². The van der Waals surface area contributed by atoms with Gasteiger partial charge in [-0.25, -0.2) is 0 Å². The Kier molecular flexibility index (Phi) is 3.36. The van der Waals surface area contributed by atoms with Gasteiger partial charge in [-0.3, -0.25) is 0 Å². The molecule has 15 heavy (non-hydrogen) atoms. The van der Waals surface area contributed by atoms with Crippen LogP contribution in [-0.4, -0.2) is 30.9 Å². The van der Waals surface area contributed by atoms with Crippen LogP contribution in [0.2, 0.25) is 0 Å². The third-order valence-electron chi connectivity index (χ3n) is 2.76. The van der Waals surface area contributed by atoms with Crippen LogP contribution in [0.3, 0.4) is 0 Å². The average Bonchev–Trinajstić information content (AvgIpc) is 2.30. The second-order valence-corrected chi connectivity index (χ2v) is 4.02. The van der Waals surface area contributed by atoms with Crippen molar-refractivity contribution < 1.29 is 9.84 Å². The van der Waals surface area contributed by atoms with Gasteiger partial charge in [-0.15, -0.1) is 0 Å². The monoisotopic (exact) mass is 207 g/mol. The van der Waals surface area contributed by atoms with Crippen molar-refractivity contribution in [1.82, 2.24) is 5.32 Å². The first-order valence-corrected chi connectivity index (χ1v) is 5.32. The van der Waals surface area contributed by atoms with E-state index < -0.39 is 0 Å². The second kappa shape index (κ2) is 4.75. The fourth-order valence-corrected chi connectivity index (χ4v) is 1.74. The van der Waals surface area contributed by atoms with Gasteiger partial charge in [0.05, 0.1) is 25.4 Å². The summed E-state index contributed by atoms with van der Waals surface area (Å²) in [7, 11) is 0. The van der Waals surface area contributed by atoms with Crippen LogP contribution in [0.1, 0.15) is 17.2 Å². The summed E-state index contributed by atoms with van der Waals surface area (Å²) >= 11 is 0. The minimum Gasteiger partial charge on any atom is -0.395 e. The summed E-state index contributed by atoms with van der Waals surface area (Å²) < 4.78 is 5.68. The number of nitrogens with one attached hydrogen (secondary N) is 1. The predicted molar refractivity (Wildman–Crippen MR) is 58.7 cm³/mol. The lowest BCUT2D eigenvalue weighted by atomic mass is 10.1. The first kappa shape index (κ1) is 10.6. The lowest BCUT2D eigenvalue weighted by molar-refractivity contribution is -0.00952. The van der Waals surface area contributed by atoms with Crippen molar-refractivity contribution in [3.8, 4) is 0 Å². The normalized spacial score (nSPS) is 26.5. The van der Waals surface area contributed by atoms with Crippen molar-refractivity contribution >= 4 is 0 Å². The van der Waals surface area contributed by atoms with Crippen molar-refractivity contribution in [2.45, 2.75) is 19.1 Å². The largest absolute Gasteiger partial charge is 0.395 e. The molecule has 1 aromatic rings. The summed E-state index contributed by atoms with van der Waals surface area (Å²) in [5.41, 5.74) is 2.46. The fourth-order valence-electron chi connectivity index (χ4n) is 1.74. The Labute approximate surface area is 90.1 Å². The molecule has 3 heteroatoms. The summed E-state index contributed by atoms with van der Waals surface area (Å²) in [6, 6.07) is 8.47. The molecule has 1 aliphatic heterocycles. The highest BCUT2D eigenvalue weighted by Crippen LogP contribution is 2.20. The molecule has 0 spiro atoms. The van der Waals surface area contributed by atoms with Crippen LogP contribution in [0, 0.1) is 6.92 Å². The van der Waals surface area contributed by atoms with Gasteiger partial charge in [-0.1, -0.05) is 29.8 Å². The Hall–Kier alpha value is -0.900. The molecular formula is C12H17NO2. The SMILES string of the molecule is Cc1ccc(C2CNC(CO)CO2)cc1. The molecule has 3 nitrogen and oxygen atoms in total. The van der Waals surface area contributed by atoms with Gasteiger partial charge < -0.3 is 15.2 Å². The van der Waals surface area contributed by atoms with E-state index in [0.29, 0.717) is 6.61 Å². The van der Waals surface area contributed by atoms with Crippen LogP contribution in [0.4, 0.5) is 0 Å². The zero-order chi connectivity index (χ0) is 10.7. The Balaban J connectivity index is 1.98. The standard InChI is InChI=1S/C12H17NO2/c1-9-2-4-10(5-3-9)12-6-13-11(7-14)8-15-12/h2-5,11-14H,6-8H2,1H3. The summed E-state index contributed by atoms with van der Waals surface area (Å²) in [4.78, 5) is 0. The second-order valence-electron chi connectivity index (χ2n) is 4.02. The van der Waals surface area contributed by atoms with E-state index in [0.717, 1.165) is 6.54 Å². The van der Waals surface area contributed by atoms with Crippen molar-refractivity contribution in [1.29, 1.82) is 0 Å². The number of aliphatic hydroxyl groups is 1. The molecule has 0 aromatic heterocycles. The molecule has 0 radical (unpaired) electrons. The van der Waals surface area contributed by atoms with Crippen LogP contribution in [0.15, 0.2) is 24.3 Å². The van der Waals surface area contributed by atoms with Crippen molar-refractivity contribution in [3.05, 3.63) is 35.4 Å². The lowest BCUT2D eigenvalue weighted by Gasteiger charge is -2.29. The van der Waals surface area contributed by atoms with E-state index in [4.69, 9.17) is 9.84 Å². The average molecular weight is 207 g/mol. The van der Waals surface area contributed by atoms with Gasteiger partial charge in [0.15, 0.2) is 0 Å². The molecule has 2 atom stereocenters. The maximum atomic E-state index is 8.94. The molecule has 0 amide bonds. The van der Waals surface area contributed by atoms with Crippen molar-refractivity contribution in [3.63, 3.8) is 0 Å². The Morgan fingerprint density at radius 2 is 2.13 bits per heavy atom. The summed E-state index contributed by atoms with van der Waals surface area (Å²) in [6.45, 7) is 3.56. The maximum Gasteiger partial charge on any atom is 0.0950 e. The first-order valence-electron chi connectivity index (χ1n) is 5.32. The molecule has 2 rings (SSSR count). The van der Waals surface area contributed by atoms with Gasteiger partial charge in [0.25, 0.3) is 0 Å². The zero-order valence-electron chi connectivity index (χ0n) is 8.94. The molecule has 1 heterocycles. The molecule has 1 aromatic carbocycles. The molecule has 0 bridgehead atoms. The summed E-state index contributed by atoms with van der Waals surface area (Å²) in [6.07, 6.45) is 0.119. The van der Waals surface area contributed by atoms with Gasteiger partial charge in [-0.05, 0) is 12.5 Å². The quantitative estimate of drug-likeness (QED) is 0.760. The number of aryl methyl sites for hydroxylation is 1. The highest BCUT2D eigenvalue weighted by Gasteiger charge is 2.21. The highest BCUT2D eigenvalue weighted by atomic mass is 16.5. The molecular weight excluding hydrogens is 190 g/mol. The Bertz CT molecular complexity index is 302. The van der Waals surface area contributed by atoms with Gasteiger partial charge in [0.1, 0.15) is 0 Å². The smallest absolute Gasteiger partial charge is 0.0950 e. The number of rotatable bonds is 2. The van der Waals surface area contributed by atoms with E-state index in [9.17, 15) is 0 Å². The van der Waals surface area contributed by atoms with E-state index in [1.807, 2.05) is 0 Å². The molecule has 2 unspecified atom stereocenters. The molecule has 82 valence electrons. The van der Waals surface area contributed by atoms with Crippen LogP contribution in [0.25, 0.3) is 0 Å². The topological polar surface area (TPSA) is 41.5 Å². The van der Waals surface area contributed by atoms with Crippen LogP contribution in [0.5, 0.6) is 0 Å². The van der Waals surface area contributed by atoms with Gasteiger partial charge >= 0.3 is 0 Å². The van der Waals surface area contributed by atoms with Gasteiger partial charge in [-0.2, -0.15) is 0 Å². The number of hydrogen-bond donors (Lipinski definition) is 2. The van der Waals surface area contributed by atoms with E-state index in [-0.39, 0.29) is 18.8 Å². The van der Waals surface area contributed by atoms with E-state index in [1.54, 1.807) is 0 Å². The van der Waals surface area contributed by atoms with Gasteiger partial charge in [0, 0.05) is 6.54 Å². The zero-order valence-corrected chi connectivity index (χ0v) is 8.94. The van der Waals surface area contributed by atoms with E-state index in [2.05, 4.69) is 36.5 Å². The molecule has 1 saturated heterocycles. The Morgan fingerprint density at radius 3 is 2.67 bits per heavy atom. The number of benzene rings is 1. The molecule has 0 saturated carbocycles. The number of hydrogen-bond acceptors (Lipinski definition) is 3. The first-order chi connectivity index (χ1) is 7.29. The third-order valence-corrected chi connectivity index (χ3v) is 2.76. The third kappa shape index (κ3) is 2.56. The van der Waals surface area contributed by atoms with Crippen LogP contribution < -0.4 is 5.32 Å². The summed E-state index contributed by atoms with van der Waals surface area (Å²) in [5, 5.41) is 12.2. The lowest BCUT2D eigenvalue weighted by Crippen LogP contribution is -2.44. The molecule has 1 aliphatic rings. The number of morpholine rings is 1. The van der Waals surface area contributed by atoms with Crippen LogP contribution in [-0.2, 0) is 4.74 Å².